The molecule has 0 amide bonds. The SMILES string of the molecule is C#CC(=O)c1cccc(C)c1F. The summed E-state index contributed by atoms with van der Waals surface area (Å²) >= 11 is 0. The highest BCUT2D eigenvalue weighted by Gasteiger charge is 2.09. The molecule has 0 spiro atoms. The van der Waals surface area contributed by atoms with Gasteiger partial charge in [-0.25, -0.2) is 4.39 Å². The fraction of sp³-hybridized carbons (Fsp3) is 0.100. The third kappa shape index (κ3) is 1.35. The van der Waals surface area contributed by atoms with E-state index in [0.29, 0.717) is 5.56 Å². The summed E-state index contributed by atoms with van der Waals surface area (Å²) in [5.74, 6) is 0.728. The molecule has 1 rings (SSSR count). The van der Waals surface area contributed by atoms with Crippen molar-refractivity contribution in [3.05, 3.63) is 35.1 Å². The van der Waals surface area contributed by atoms with Crippen molar-refractivity contribution >= 4 is 5.78 Å². The lowest BCUT2D eigenvalue weighted by Crippen LogP contribution is -2.00. The van der Waals surface area contributed by atoms with Gasteiger partial charge in [0.05, 0.1) is 5.56 Å². The Morgan fingerprint density at radius 2 is 2.25 bits per heavy atom. The van der Waals surface area contributed by atoms with Crippen LogP contribution in [0.3, 0.4) is 0 Å². The Hall–Kier alpha value is -1.62. The molecule has 0 atom stereocenters. The Morgan fingerprint density at radius 3 is 2.83 bits per heavy atom. The van der Waals surface area contributed by atoms with Crippen molar-refractivity contribution in [2.75, 3.05) is 0 Å². The van der Waals surface area contributed by atoms with Crippen LogP contribution >= 0.6 is 0 Å². The molecule has 0 aliphatic heterocycles. The monoisotopic (exact) mass is 162 g/mol. The summed E-state index contributed by atoms with van der Waals surface area (Å²) in [6, 6.07) is 4.57. The molecule has 0 aliphatic rings. The normalized spacial score (nSPS) is 9.08. The van der Waals surface area contributed by atoms with Gasteiger partial charge < -0.3 is 0 Å². The highest BCUT2D eigenvalue weighted by molar-refractivity contribution is 6.08. The molecular weight excluding hydrogens is 155 g/mol. The van der Waals surface area contributed by atoms with Crippen LogP contribution in [0.2, 0.25) is 0 Å². The van der Waals surface area contributed by atoms with Gasteiger partial charge in [-0.05, 0) is 24.5 Å². The molecule has 60 valence electrons. The summed E-state index contributed by atoms with van der Waals surface area (Å²) in [5, 5.41) is 0. The third-order valence-corrected chi connectivity index (χ3v) is 1.57. The molecule has 0 N–H and O–H groups in total. The molecule has 0 saturated carbocycles. The summed E-state index contributed by atoms with van der Waals surface area (Å²) in [7, 11) is 0. The molecule has 0 aliphatic carbocycles. The quantitative estimate of drug-likeness (QED) is 0.350. The van der Waals surface area contributed by atoms with Gasteiger partial charge in [0.25, 0.3) is 0 Å². The van der Waals surface area contributed by atoms with Crippen LogP contribution in [-0.4, -0.2) is 5.78 Å². The molecule has 2 heteroatoms. The maximum absolute atomic E-state index is 13.1. The number of terminal acetylenes is 1. The summed E-state index contributed by atoms with van der Waals surface area (Å²) < 4.78 is 13.1. The van der Waals surface area contributed by atoms with Gasteiger partial charge in [0.1, 0.15) is 5.82 Å². The number of carbonyl (C=O) groups excluding carboxylic acids is 1. The highest BCUT2D eigenvalue weighted by Crippen LogP contribution is 2.11. The third-order valence-electron chi connectivity index (χ3n) is 1.57. The maximum Gasteiger partial charge on any atom is 0.238 e. The van der Waals surface area contributed by atoms with Crippen LogP contribution < -0.4 is 0 Å². The van der Waals surface area contributed by atoms with Crippen LogP contribution in [0.4, 0.5) is 4.39 Å². The molecule has 0 saturated heterocycles. The zero-order valence-corrected chi connectivity index (χ0v) is 6.60. The lowest BCUT2D eigenvalue weighted by atomic mass is 10.1. The fourth-order valence-corrected chi connectivity index (χ4v) is 0.901. The van der Waals surface area contributed by atoms with Crippen molar-refractivity contribution in [2.24, 2.45) is 0 Å². The van der Waals surface area contributed by atoms with E-state index in [1.165, 1.54) is 6.07 Å². The van der Waals surface area contributed by atoms with Gasteiger partial charge >= 0.3 is 0 Å². The van der Waals surface area contributed by atoms with Gasteiger partial charge in [-0.1, -0.05) is 12.1 Å². The number of hydrogen-bond acceptors (Lipinski definition) is 1. The van der Waals surface area contributed by atoms with Crippen molar-refractivity contribution in [2.45, 2.75) is 6.92 Å². The van der Waals surface area contributed by atoms with Gasteiger partial charge in [-0.15, -0.1) is 6.42 Å². The van der Waals surface area contributed by atoms with Gasteiger partial charge in [-0.3, -0.25) is 4.79 Å². The summed E-state index contributed by atoms with van der Waals surface area (Å²) in [6.07, 6.45) is 4.86. The van der Waals surface area contributed by atoms with E-state index in [1.54, 1.807) is 19.1 Å². The molecule has 0 aromatic heterocycles. The van der Waals surface area contributed by atoms with E-state index in [9.17, 15) is 9.18 Å². The predicted octanol–water partition coefficient (Wildman–Crippen LogP) is 1.95. The average molecular weight is 162 g/mol. The first-order chi connectivity index (χ1) is 5.66. The number of benzene rings is 1. The van der Waals surface area contributed by atoms with E-state index in [-0.39, 0.29) is 5.56 Å². The first-order valence-corrected chi connectivity index (χ1v) is 3.43. The maximum atomic E-state index is 13.1. The van der Waals surface area contributed by atoms with Gasteiger partial charge in [-0.2, -0.15) is 0 Å². The fourth-order valence-electron chi connectivity index (χ4n) is 0.901. The number of ketones is 1. The Bertz CT molecular complexity index is 361. The van der Waals surface area contributed by atoms with E-state index in [0.717, 1.165) is 0 Å². The average Bonchev–Trinajstić information content (AvgIpc) is 2.08. The lowest BCUT2D eigenvalue weighted by molar-refractivity contribution is 0.105. The first-order valence-electron chi connectivity index (χ1n) is 3.43. The van der Waals surface area contributed by atoms with Gasteiger partial charge in [0.2, 0.25) is 5.78 Å². The Kier molecular flexibility index (Phi) is 2.25. The Labute approximate surface area is 70.2 Å². The predicted molar refractivity (Wildman–Crippen MR) is 44.3 cm³/mol. The van der Waals surface area contributed by atoms with Crippen molar-refractivity contribution in [1.29, 1.82) is 0 Å². The van der Waals surface area contributed by atoms with Crippen LogP contribution in [0.25, 0.3) is 0 Å². The molecule has 0 heterocycles. The number of Topliss-reactive ketones (excluding diaryl/α,β-unsaturated/α-hetero) is 1. The molecule has 0 fully saturated rings. The second-order valence-electron chi connectivity index (χ2n) is 2.41. The van der Waals surface area contributed by atoms with Crippen molar-refractivity contribution in [1.82, 2.24) is 0 Å². The Morgan fingerprint density at radius 1 is 1.58 bits per heavy atom. The smallest absolute Gasteiger partial charge is 0.238 e. The molecule has 0 radical (unpaired) electrons. The molecule has 0 bridgehead atoms. The van der Waals surface area contributed by atoms with E-state index in [1.807, 2.05) is 5.92 Å². The lowest BCUT2D eigenvalue weighted by Gasteiger charge is -1.99. The largest absolute Gasteiger partial charge is 0.279 e. The summed E-state index contributed by atoms with van der Waals surface area (Å²) in [4.78, 5) is 10.9. The van der Waals surface area contributed by atoms with Crippen molar-refractivity contribution in [3.8, 4) is 12.3 Å². The topological polar surface area (TPSA) is 17.1 Å². The van der Waals surface area contributed by atoms with Crippen LogP contribution in [0.5, 0.6) is 0 Å². The minimum atomic E-state index is -0.615. The Balaban J connectivity index is 3.28. The van der Waals surface area contributed by atoms with E-state index < -0.39 is 11.6 Å². The van der Waals surface area contributed by atoms with Crippen molar-refractivity contribution < 1.29 is 9.18 Å². The zero-order valence-electron chi connectivity index (χ0n) is 6.60. The summed E-state index contributed by atoms with van der Waals surface area (Å²) in [5.41, 5.74) is 0.397. The first kappa shape index (κ1) is 8.48. The van der Waals surface area contributed by atoms with E-state index in [2.05, 4.69) is 0 Å². The summed E-state index contributed by atoms with van der Waals surface area (Å²) in [6.45, 7) is 1.59. The number of aryl methyl sites for hydroxylation is 1. The van der Waals surface area contributed by atoms with Gasteiger partial charge in [0.15, 0.2) is 0 Å². The molecule has 1 aromatic carbocycles. The molecule has 0 unspecified atom stereocenters. The number of hydrogen-bond donors (Lipinski definition) is 0. The van der Waals surface area contributed by atoms with E-state index in [4.69, 9.17) is 6.42 Å². The van der Waals surface area contributed by atoms with Gasteiger partial charge in [0, 0.05) is 0 Å². The minimum absolute atomic E-state index is 0.0301. The molecule has 1 aromatic rings. The number of carbonyl (C=O) groups is 1. The van der Waals surface area contributed by atoms with Crippen molar-refractivity contribution in [3.63, 3.8) is 0 Å². The van der Waals surface area contributed by atoms with Crippen LogP contribution in [0, 0.1) is 25.1 Å². The number of rotatable bonds is 1. The molecular formula is C10H7FO. The molecule has 1 nitrogen and oxygen atoms in total. The highest BCUT2D eigenvalue weighted by atomic mass is 19.1. The van der Waals surface area contributed by atoms with Crippen LogP contribution in [-0.2, 0) is 0 Å². The second kappa shape index (κ2) is 3.19. The van der Waals surface area contributed by atoms with Crippen LogP contribution in [0.15, 0.2) is 18.2 Å². The molecule has 12 heavy (non-hydrogen) atoms. The number of halogens is 1. The second-order valence-corrected chi connectivity index (χ2v) is 2.41. The standard InChI is InChI=1S/C10H7FO/c1-3-9(12)8-6-4-5-7(2)10(8)11/h1,4-6H,2H3. The van der Waals surface area contributed by atoms with E-state index >= 15 is 0 Å². The zero-order chi connectivity index (χ0) is 9.14. The minimum Gasteiger partial charge on any atom is -0.279 e. The van der Waals surface area contributed by atoms with Crippen LogP contribution in [0.1, 0.15) is 15.9 Å².